The molecular formula is C25H27N5O2S. The number of H-pyrrole nitrogens is 1. The van der Waals surface area contributed by atoms with Gasteiger partial charge in [0.1, 0.15) is 0 Å². The number of para-hydroxylation sites is 1. The molecule has 1 aliphatic heterocycles. The van der Waals surface area contributed by atoms with Gasteiger partial charge in [-0.1, -0.05) is 42.1 Å². The molecule has 0 radical (unpaired) electrons. The van der Waals surface area contributed by atoms with Gasteiger partial charge in [-0.25, -0.2) is 0 Å². The van der Waals surface area contributed by atoms with Gasteiger partial charge in [0.25, 0.3) is 0 Å². The van der Waals surface area contributed by atoms with Crippen LogP contribution in [0.25, 0.3) is 22.3 Å². The van der Waals surface area contributed by atoms with Crippen LogP contribution in [0.1, 0.15) is 24.0 Å². The van der Waals surface area contributed by atoms with Crippen LogP contribution in [-0.4, -0.2) is 44.1 Å². The molecule has 33 heavy (non-hydrogen) atoms. The van der Waals surface area contributed by atoms with Crippen LogP contribution in [0.4, 0.5) is 5.69 Å². The largest absolute Gasteiger partial charge is 0.376 e. The van der Waals surface area contributed by atoms with Crippen molar-refractivity contribution < 1.29 is 9.53 Å². The highest BCUT2D eigenvalue weighted by Crippen LogP contribution is 2.31. The minimum Gasteiger partial charge on any atom is -0.376 e. The summed E-state index contributed by atoms with van der Waals surface area (Å²) in [6.07, 6.45) is 4.19. The number of fused-ring (bicyclic) bond motifs is 1. The highest BCUT2D eigenvalue weighted by molar-refractivity contribution is 7.99. The maximum atomic E-state index is 12.7. The Morgan fingerprint density at radius 3 is 2.97 bits per heavy atom. The number of nitrogens with one attached hydrogen (secondary N) is 2. The Hall–Kier alpha value is -3.10. The second-order valence-corrected chi connectivity index (χ2v) is 9.40. The monoisotopic (exact) mass is 461 g/mol. The summed E-state index contributed by atoms with van der Waals surface area (Å²) in [5.41, 5.74) is 5.07. The van der Waals surface area contributed by atoms with Crippen molar-refractivity contribution in [3.05, 3.63) is 59.8 Å². The number of benzene rings is 2. The van der Waals surface area contributed by atoms with E-state index >= 15 is 0 Å². The minimum atomic E-state index is -0.0611. The van der Waals surface area contributed by atoms with Crippen molar-refractivity contribution in [3.8, 4) is 11.4 Å². The topological polar surface area (TPSA) is 84.8 Å². The summed E-state index contributed by atoms with van der Waals surface area (Å²) in [5, 5.41) is 13.8. The molecule has 4 aromatic rings. The lowest BCUT2D eigenvalue weighted by molar-refractivity contribution is -0.113. The molecule has 1 aliphatic rings. The van der Waals surface area contributed by atoms with E-state index in [1.165, 1.54) is 11.8 Å². The third-order valence-corrected chi connectivity index (χ3v) is 6.92. The second kappa shape index (κ2) is 9.41. The number of aryl methyl sites for hydroxylation is 2. The van der Waals surface area contributed by atoms with E-state index in [1.807, 2.05) is 56.4 Å². The van der Waals surface area contributed by atoms with Gasteiger partial charge in [-0.3, -0.25) is 9.36 Å². The Kier molecular flexibility index (Phi) is 6.20. The first-order valence-electron chi connectivity index (χ1n) is 11.2. The van der Waals surface area contributed by atoms with Crippen LogP contribution in [0.15, 0.2) is 53.8 Å². The summed E-state index contributed by atoms with van der Waals surface area (Å²) in [4.78, 5) is 16.0. The lowest BCUT2D eigenvalue weighted by atomic mass is 10.1. The Bertz CT molecular complexity index is 1290. The van der Waals surface area contributed by atoms with Gasteiger partial charge in [0.15, 0.2) is 11.0 Å². The van der Waals surface area contributed by atoms with Gasteiger partial charge >= 0.3 is 0 Å². The maximum Gasteiger partial charge on any atom is 0.234 e. The summed E-state index contributed by atoms with van der Waals surface area (Å²) >= 11 is 1.40. The number of aromatic amines is 1. The molecule has 1 amide bonds. The quantitative estimate of drug-likeness (QED) is 0.380. The number of hydrogen-bond donors (Lipinski definition) is 2. The van der Waals surface area contributed by atoms with Gasteiger partial charge in [0.05, 0.1) is 18.4 Å². The molecule has 0 aliphatic carbocycles. The fourth-order valence-corrected chi connectivity index (χ4v) is 4.94. The van der Waals surface area contributed by atoms with E-state index in [4.69, 9.17) is 4.74 Å². The molecule has 1 atom stereocenters. The fraction of sp³-hybridized carbons (Fsp3) is 0.320. The Balaban J connectivity index is 1.38. The summed E-state index contributed by atoms with van der Waals surface area (Å²) in [5.74, 6) is 0.986. The molecule has 0 spiro atoms. The molecular weight excluding hydrogens is 434 g/mol. The number of thioether (sulfide) groups is 1. The molecule has 1 fully saturated rings. The first kappa shape index (κ1) is 21.7. The lowest BCUT2D eigenvalue weighted by Crippen LogP contribution is -2.18. The predicted molar refractivity (Wildman–Crippen MR) is 132 cm³/mol. The van der Waals surface area contributed by atoms with Crippen LogP contribution < -0.4 is 5.32 Å². The molecule has 3 heterocycles. The molecule has 2 aromatic carbocycles. The van der Waals surface area contributed by atoms with Crippen LogP contribution in [0.5, 0.6) is 0 Å². The lowest BCUT2D eigenvalue weighted by Gasteiger charge is -2.14. The van der Waals surface area contributed by atoms with Crippen molar-refractivity contribution in [2.24, 2.45) is 0 Å². The van der Waals surface area contributed by atoms with E-state index < -0.39 is 0 Å². The standard InChI is InChI=1S/C25H27N5O2S/c1-16-9-10-17(2)22(12-16)27-23(31)15-33-25-29-28-24(30(25)14-18-6-5-11-32-18)20-13-26-21-8-4-3-7-19(20)21/h3-4,7-10,12-13,18,26H,5-6,11,14-15H2,1-2H3,(H,27,31). The van der Waals surface area contributed by atoms with E-state index in [0.717, 1.165) is 63.7 Å². The number of aromatic nitrogens is 4. The van der Waals surface area contributed by atoms with Crippen LogP contribution in [0.3, 0.4) is 0 Å². The van der Waals surface area contributed by atoms with Gasteiger partial charge in [-0.2, -0.15) is 0 Å². The number of anilines is 1. The fourth-order valence-electron chi connectivity index (χ4n) is 4.19. The highest BCUT2D eigenvalue weighted by atomic mass is 32.2. The molecule has 5 rings (SSSR count). The van der Waals surface area contributed by atoms with Crippen molar-refractivity contribution >= 4 is 34.3 Å². The zero-order valence-corrected chi connectivity index (χ0v) is 19.6. The smallest absolute Gasteiger partial charge is 0.234 e. The molecule has 2 N–H and O–H groups in total. The molecule has 0 bridgehead atoms. The summed E-state index contributed by atoms with van der Waals surface area (Å²) in [6, 6.07) is 14.2. The van der Waals surface area contributed by atoms with Crippen LogP contribution in [0, 0.1) is 13.8 Å². The average Bonchev–Trinajstić information content (AvgIpc) is 3.55. The zero-order chi connectivity index (χ0) is 22.8. The zero-order valence-electron chi connectivity index (χ0n) is 18.8. The molecule has 7 nitrogen and oxygen atoms in total. The van der Waals surface area contributed by atoms with E-state index in [9.17, 15) is 4.79 Å². The van der Waals surface area contributed by atoms with E-state index in [2.05, 4.69) is 31.1 Å². The SMILES string of the molecule is Cc1ccc(C)c(NC(=O)CSc2nnc(-c3c[nH]c4ccccc34)n2CC2CCCO2)c1. The number of ether oxygens (including phenoxy) is 1. The predicted octanol–water partition coefficient (Wildman–Crippen LogP) is 4.95. The van der Waals surface area contributed by atoms with Gasteiger partial charge in [0, 0.05) is 35.0 Å². The molecule has 1 saturated heterocycles. The van der Waals surface area contributed by atoms with Crippen molar-refractivity contribution in [1.82, 2.24) is 19.7 Å². The van der Waals surface area contributed by atoms with Crippen LogP contribution in [-0.2, 0) is 16.1 Å². The van der Waals surface area contributed by atoms with E-state index in [1.54, 1.807) is 0 Å². The second-order valence-electron chi connectivity index (χ2n) is 8.45. The number of carbonyl (C=O) groups excluding carboxylic acids is 1. The maximum absolute atomic E-state index is 12.7. The molecule has 2 aromatic heterocycles. The van der Waals surface area contributed by atoms with E-state index in [0.29, 0.717) is 6.54 Å². The number of amides is 1. The highest BCUT2D eigenvalue weighted by Gasteiger charge is 2.23. The van der Waals surface area contributed by atoms with Crippen LogP contribution in [0.2, 0.25) is 0 Å². The molecule has 1 unspecified atom stereocenters. The van der Waals surface area contributed by atoms with Gasteiger partial charge in [0.2, 0.25) is 5.91 Å². The van der Waals surface area contributed by atoms with Gasteiger partial charge in [-0.15, -0.1) is 10.2 Å². The normalized spacial score (nSPS) is 15.9. The Labute approximate surface area is 196 Å². The Morgan fingerprint density at radius 2 is 2.12 bits per heavy atom. The van der Waals surface area contributed by atoms with Crippen molar-refractivity contribution in [2.45, 2.75) is 44.5 Å². The van der Waals surface area contributed by atoms with Crippen molar-refractivity contribution in [1.29, 1.82) is 0 Å². The summed E-state index contributed by atoms with van der Waals surface area (Å²) in [7, 11) is 0. The number of carbonyl (C=O) groups is 1. The summed E-state index contributed by atoms with van der Waals surface area (Å²) < 4.78 is 8.00. The molecule has 8 heteroatoms. The number of hydrogen-bond acceptors (Lipinski definition) is 5. The average molecular weight is 462 g/mol. The van der Waals surface area contributed by atoms with Gasteiger partial charge < -0.3 is 15.0 Å². The van der Waals surface area contributed by atoms with Crippen molar-refractivity contribution in [2.75, 3.05) is 17.7 Å². The van der Waals surface area contributed by atoms with Crippen LogP contribution >= 0.6 is 11.8 Å². The molecule has 0 saturated carbocycles. The first-order valence-corrected chi connectivity index (χ1v) is 12.2. The number of nitrogens with zero attached hydrogens (tertiary/aromatic N) is 3. The summed E-state index contributed by atoms with van der Waals surface area (Å²) in [6.45, 7) is 5.47. The van der Waals surface area contributed by atoms with Crippen molar-refractivity contribution in [3.63, 3.8) is 0 Å². The molecule has 170 valence electrons. The van der Waals surface area contributed by atoms with Gasteiger partial charge in [-0.05, 0) is 49.9 Å². The minimum absolute atomic E-state index is 0.0611. The third kappa shape index (κ3) is 4.67. The Morgan fingerprint density at radius 1 is 1.24 bits per heavy atom. The van der Waals surface area contributed by atoms with E-state index in [-0.39, 0.29) is 17.8 Å². The third-order valence-electron chi connectivity index (χ3n) is 5.96. The first-order chi connectivity index (χ1) is 16.1. The number of rotatable bonds is 7.